The summed E-state index contributed by atoms with van der Waals surface area (Å²) < 4.78 is 5.07. The zero-order valence-corrected chi connectivity index (χ0v) is 15.0. The Morgan fingerprint density at radius 2 is 1.65 bits per heavy atom. The lowest BCUT2D eigenvalue weighted by atomic mass is 10.1. The molecule has 6 nitrogen and oxygen atoms in total. The third kappa shape index (κ3) is 6.39. The molecule has 0 aliphatic heterocycles. The second-order valence-corrected chi connectivity index (χ2v) is 5.66. The van der Waals surface area contributed by atoms with E-state index in [1.54, 1.807) is 19.2 Å². The van der Waals surface area contributed by atoms with E-state index in [4.69, 9.17) is 4.74 Å². The van der Waals surface area contributed by atoms with Crippen LogP contribution in [0.3, 0.4) is 0 Å². The Labute approximate surface area is 153 Å². The first-order chi connectivity index (χ1) is 12.6. The summed E-state index contributed by atoms with van der Waals surface area (Å²) in [5.74, 6) is 0.233. The summed E-state index contributed by atoms with van der Waals surface area (Å²) in [4.78, 5) is 23.6. The molecule has 26 heavy (non-hydrogen) atoms. The Morgan fingerprint density at radius 3 is 2.27 bits per heavy atom. The number of carbonyl (C=O) groups is 2. The van der Waals surface area contributed by atoms with Gasteiger partial charge in [0.15, 0.2) is 0 Å². The summed E-state index contributed by atoms with van der Waals surface area (Å²) in [6, 6.07) is 14.9. The van der Waals surface area contributed by atoms with E-state index >= 15 is 0 Å². The molecule has 6 heteroatoms. The maximum Gasteiger partial charge on any atom is 0.240 e. The molecule has 0 aromatic heterocycles. The zero-order valence-electron chi connectivity index (χ0n) is 15.0. The molecule has 0 fully saturated rings. The fourth-order valence-corrected chi connectivity index (χ4v) is 2.20. The van der Waals surface area contributed by atoms with E-state index in [0.29, 0.717) is 0 Å². The number of rotatable bonds is 8. The highest BCUT2D eigenvalue weighted by molar-refractivity contribution is 5.93. The molecule has 0 bridgehead atoms. The molecule has 0 unspecified atom stereocenters. The third-order valence-corrected chi connectivity index (χ3v) is 3.74. The molecule has 0 spiro atoms. The second kappa shape index (κ2) is 9.98. The van der Waals surface area contributed by atoms with Gasteiger partial charge in [-0.15, -0.1) is 0 Å². The number of hydrogen-bond donors (Lipinski definition) is 2. The van der Waals surface area contributed by atoms with E-state index < -0.39 is 0 Å². The molecule has 2 rings (SSSR count). The highest BCUT2D eigenvalue weighted by atomic mass is 16.5. The highest BCUT2D eigenvalue weighted by Gasteiger charge is 2.06. The average Bonchev–Trinajstić information content (AvgIpc) is 2.67. The van der Waals surface area contributed by atoms with Gasteiger partial charge in [-0.25, -0.2) is 5.43 Å². The van der Waals surface area contributed by atoms with Crippen molar-refractivity contribution in [2.24, 2.45) is 5.10 Å². The lowest BCUT2D eigenvalue weighted by molar-refractivity contribution is -0.124. The number of aryl methyl sites for hydroxylation is 1. The molecule has 0 aliphatic rings. The number of methoxy groups -OCH3 is 1. The molecule has 0 saturated heterocycles. The Morgan fingerprint density at radius 1 is 1.00 bits per heavy atom. The van der Waals surface area contributed by atoms with Crippen molar-refractivity contribution in [2.45, 2.75) is 26.2 Å². The van der Waals surface area contributed by atoms with Gasteiger partial charge in [0.05, 0.1) is 13.3 Å². The van der Waals surface area contributed by atoms with Crippen molar-refractivity contribution >= 4 is 23.7 Å². The number of amides is 2. The molecule has 2 aromatic carbocycles. The lowest BCUT2D eigenvalue weighted by Gasteiger charge is -2.05. The van der Waals surface area contributed by atoms with Gasteiger partial charge >= 0.3 is 0 Å². The molecular weight excluding hydrogens is 330 g/mol. The SMILES string of the molecule is CCc1ccc(NC(=O)CCC(=O)N/N=C/c2ccc(OC)cc2)cc1. The van der Waals surface area contributed by atoms with Crippen LogP contribution in [0.2, 0.25) is 0 Å². The molecule has 136 valence electrons. The molecule has 2 N–H and O–H groups in total. The smallest absolute Gasteiger partial charge is 0.240 e. The first kappa shape index (κ1) is 19.2. The fraction of sp³-hybridized carbons (Fsp3) is 0.250. The van der Waals surface area contributed by atoms with Crippen molar-refractivity contribution in [2.75, 3.05) is 12.4 Å². The normalized spacial score (nSPS) is 10.5. The minimum absolute atomic E-state index is 0.0683. The third-order valence-electron chi connectivity index (χ3n) is 3.74. The standard InChI is InChI=1S/C20H23N3O3/c1-3-15-4-8-17(9-5-15)22-19(24)12-13-20(25)23-21-14-16-6-10-18(26-2)11-7-16/h4-11,14H,3,12-13H2,1-2H3,(H,22,24)(H,23,25)/b21-14+. The van der Waals surface area contributed by atoms with Crippen molar-refractivity contribution < 1.29 is 14.3 Å². The van der Waals surface area contributed by atoms with Gasteiger partial charge in [0.25, 0.3) is 0 Å². The fourth-order valence-electron chi connectivity index (χ4n) is 2.20. The van der Waals surface area contributed by atoms with E-state index in [2.05, 4.69) is 22.8 Å². The van der Waals surface area contributed by atoms with Gasteiger partial charge in [-0.3, -0.25) is 9.59 Å². The molecule has 0 radical (unpaired) electrons. The van der Waals surface area contributed by atoms with E-state index in [9.17, 15) is 9.59 Å². The summed E-state index contributed by atoms with van der Waals surface area (Å²) >= 11 is 0. The van der Waals surface area contributed by atoms with Crippen molar-refractivity contribution in [3.05, 3.63) is 59.7 Å². The Kier molecular flexibility index (Phi) is 7.36. The van der Waals surface area contributed by atoms with E-state index in [0.717, 1.165) is 23.4 Å². The molecule has 0 heterocycles. The average molecular weight is 353 g/mol. The van der Waals surface area contributed by atoms with Crippen LogP contribution in [0.1, 0.15) is 30.9 Å². The van der Waals surface area contributed by atoms with Crippen LogP contribution < -0.4 is 15.5 Å². The summed E-state index contributed by atoms with van der Waals surface area (Å²) in [6.45, 7) is 2.07. The topological polar surface area (TPSA) is 79.8 Å². The monoisotopic (exact) mass is 353 g/mol. The van der Waals surface area contributed by atoms with Crippen LogP contribution in [0.15, 0.2) is 53.6 Å². The van der Waals surface area contributed by atoms with Crippen LogP contribution >= 0.6 is 0 Å². The number of anilines is 1. The van der Waals surface area contributed by atoms with Gasteiger partial charge in [0.1, 0.15) is 5.75 Å². The van der Waals surface area contributed by atoms with Crippen molar-refractivity contribution in [3.8, 4) is 5.75 Å². The summed E-state index contributed by atoms with van der Waals surface area (Å²) in [5, 5.41) is 6.65. The van der Waals surface area contributed by atoms with Crippen LogP contribution in [0.5, 0.6) is 5.75 Å². The van der Waals surface area contributed by atoms with Gasteiger partial charge in [0.2, 0.25) is 11.8 Å². The predicted molar refractivity (Wildman–Crippen MR) is 102 cm³/mol. The van der Waals surface area contributed by atoms with Crippen LogP contribution in [-0.4, -0.2) is 25.1 Å². The van der Waals surface area contributed by atoms with E-state index in [1.807, 2.05) is 36.4 Å². The van der Waals surface area contributed by atoms with Crippen molar-refractivity contribution in [3.63, 3.8) is 0 Å². The largest absolute Gasteiger partial charge is 0.497 e. The molecular formula is C20H23N3O3. The summed E-state index contributed by atoms with van der Waals surface area (Å²) in [5.41, 5.74) is 5.18. The highest BCUT2D eigenvalue weighted by Crippen LogP contribution is 2.11. The number of benzene rings is 2. The quantitative estimate of drug-likeness (QED) is 0.565. The van der Waals surface area contributed by atoms with Gasteiger partial charge < -0.3 is 10.1 Å². The number of ether oxygens (including phenoxy) is 1. The minimum atomic E-state index is -0.314. The minimum Gasteiger partial charge on any atom is -0.497 e. The number of hydrazone groups is 1. The van der Waals surface area contributed by atoms with Crippen LogP contribution in [0, 0.1) is 0 Å². The van der Waals surface area contributed by atoms with Crippen LogP contribution in [-0.2, 0) is 16.0 Å². The van der Waals surface area contributed by atoms with Crippen molar-refractivity contribution in [1.29, 1.82) is 0 Å². The lowest BCUT2D eigenvalue weighted by Crippen LogP contribution is -2.20. The summed E-state index contributed by atoms with van der Waals surface area (Å²) in [7, 11) is 1.60. The maximum atomic E-state index is 11.9. The Bertz CT molecular complexity index is 753. The zero-order chi connectivity index (χ0) is 18.8. The first-order valence-corrected chi connectivity index (χ1v) is 8.45. The van der Waals surface area contributed by atoms with Crippen LogP contribution in [0.4, 0.5) is 5.69 Å². The van der Waals surface area contributed by atoms with E-state index in [-0.39, 0.29) is 24.7 Å². The molecule has 2 aromatic rings. The van der Waals surface area contributed by atoms with Gasteiger partial charge in [0, 0.05) is 18.5 Å². The molecule has 0 aliphatic carbocycles. The second-order valence-electron chi connectivity index (χ2n) is 5.66. The molecule has 0 atom stereocenters. The van der Waals surface area contributed by atoms with E-state index in [1.165, 1.54) is 11.8 Å². The number of nitrogens with one attached hydrogen (secondary N) is 2. The Balaban J connectivity index is 1.71. The van der Waals surface area contributed by atoms with Gasteiger partial charge in [-0.2, -0.15) is 5.10 Å². The number of hydrogen-bond acceptors (Lipinski definition) is 4. The first-order valence-electron chi connectivity index (χ1n) is 8.45. The summed E-state index contributed by atoms with van der Waals surface area (Å²) in [6.07, 6.45) is 2.65. The molecule has 2 amide bonds. The molecule has 0 saturated carbocycles. The predicted octanol–water partition coefficient (Wildman–Crippen LogP) is 3.13. The Hall–Kier alpha value is -3.15. The van der Waals surface area contributed by atoms with Gasteiger partial charge in [-0.05, 0) is 53.9 Å². The number of carbonyl (C=O) groups excluding carboxylic acids is 2. The van der Waals surface area contributed by atoms with Crippen molar-refractivity contribution in [1.82, 2.24) is 5.43 Å². The maximum absolute atomic E-state index is 11.9. The number of nitrogens with zero attached hydrogens (tertiary/aromatic N) is 1. The van der Waals surface area contributed by atoms with Crippen LogP contribution in [0.25, 0.3) is 0 Å². The van der Waals surface area contributed by atoms with Gasteiger partial charge in [-0.1, -0.05) is 19.1 Å².